The van der Waals surface area contributed by atoms with E-state index in [-0.39, 0.29) is 5.41 Å². The molecule has 0 aromatic heterocycles. The van der Waals surface area contributed by atoms with E-state index in [0.29, 0.717) is 0 Å². The first kappa shape index (κ1) is 7.83. The van der Waals surface area contributed by atoms with E-state index >= 15 is 0 Å². The number of nitrogens with zero attached hydrogens (tertiary/aromatic N) is 1. The van der Waals surface area contributed by atoms with Gasteiger partial charge in [0.05, 0.1) is 6.92 Å². The maximum Gasteiger partial charge on any atom is 0.112 e. The molecule has 0 spiro atoms. The smallest absolute Gasteiger partial charge is 0.112 e. The molecule has 1 nitrogen and oxygen atoms in total. The average Bonchev–Trinajstić information content (AvgIpc) is 1.21. The summed E-state index contributed by atoms with van der Waals surface area (Å²) in [4.78, 5) is 2.15. The standard InChI is InChI=1S/C7H16N/c1-7(2,3)6-8(4)5/h1,6H2,2-5H3/q+1. The fourth-order valence-corrected chi connectivity index (χ4v) is 0.856. The van der Waals surface area contributed by atoms with Gasteiger partial charge in [0, 0.05) is 6.54 Å². The first-order valence-electron chi connectivity index (χ1n) is 2.92. The van der Waals surface area contributed by atoms with Crippen LogP contribution < -0.4 is 0 Å². The first-order chi connectivity index (χ1) is 3.42. The largest absolute Gasteiger partial charge is 0.305 e. The van der Waals surface area contributed by atoms with Crippen LogP contribution in [-0.2, 0) is 0 Å². The Morgan fingerprint density at radius 2 is 1.75 bits per heavy atom. The summed E-state index contributed by atoms with van der Waals surface area (Å²) in [5.41, 5.74) is 0.198. The molecule has 0 bridgehead atoms. The van der Waals surface area contributed by atoms with E-state index < -0.39 is 0 Å². The van der Waals surface area contributed by atoms with Gasteiger partial charge in [-0.05, 0) is 27.9 Å². The summed E-state index contributed by atoms with van der Waals surface area (Å²) in [5.74, 6) is 0. The third-order valence-corrected chi connectivity index (χ3v) is 0.744. The predicted molar refractivity (Wildman–Crippen MR) is 37.7 cm³/mol. The van der Waals surface area contributed by atoms with Crippen LogP contribution in [0.25, 0.3) is 0 Å². The van der Waals surface area contributed by atoms with E-state index in [4.69, 9.17) is 0 Å². The quantitative estimate of drug-likeness (QED) is 0.491. The van der Waals surface area contributed by atoms with Gasteiger partial charge in [-0.1, -0.05) is 0 Å². The normalized spacial score (nSPS) is 12.6. The SMILES string of the molecule is [CH2+]C(C)(C)CN(C)C. The molecule has 0 unspecified atom stereocenters. The van der Waals surface area contributed by atoms with E-state index in [9.17, 15) is 0 Å². The fraction of sp³-hybridized carbons (Fsp3) is 0.857. The van der Waals surface area contributed by atoms with Crippen molar-refractivity contribution in [1.29, 1.82) is 0 Å². The molecule has 0 aliphatic rings. The third-order valence-electron chi connectivity index (χ3n) is 0.744. The summed E-state index contributed by atoms with van der Waals surface area (Å²) >= 11 is 0. The second-order valence-corrected chi connectivity index (χ2v) is 3.40. The van der Waals surface area contributed by atoms with E-state index in [0.717, 1.165) is 6.54 Å². The molecule has 0 aliphatic heterocycles. The summed E-state index contributed by atoms with van der Waals surface area (Å²) in [7, 11) is 4.12. The van der Waals surface area contributed by atoms with Crippen molar-refractivity contribution in [2.24, 2.45) is 5.41 Å². The molecular formula is C7H16N+. The first-order valence-corrected chi connectivity index (χ1v) is 2.92. The number of rotatable bonds is 2. The summed E-state index contributed by atoms with van der Waals surface area (Å²) in [6.45, 7) is 9.28. The Labute approximate surface area is 52.7 Å². The van der Waals surface area contributed by atoms with Crippen LogP contribution in [0.1, 0.15) is 13.8 Å². The lowest BCUT2D eigenvalue weighted by molar-refractivity contribution is 0.290. The minimum Gasteiger partial charge on any atom is -0.305 e. The van der Waals surface area contributed by atoms with Gasteiger partial charge in [-0.2, -0.15) is 0 Å². The molecule has 0 fully saturated rings. The predicted octanol–water partition coefficient (Wildman–Crippen LogP) is 1.41. The van der Waals surface area contributed by atoms with Gasteiger partial charge < -0.3 is 4.90 Å². The average molecular weight is 114 g/mol. The van der Waals surface area contributed by atoms with Gasteiger partial charge in [0.2, 0.25) is 0 Å². The van der Waals surface area contributed by atoms with E-state index in [1.807, 2.05) is 0 Å². The summed E-state index contributed by atoms with van der Waals surface area (Å²) in [5, 5.41) is 0. The van der Waals surface area contributed by atoms with E-state index in [1.165, 1.54) is 0 Å². The van der Waals surface area contributed by atoms with Crippen LogP contribution in [0.2, 0.25) is 0 Å². The monoisotopic (exact) mass is 114 g/mol. The van der Waals surface area contributed by atoms with E-state index in [2.05, 4.69) is 39.8 Å². The van der Waals surface area contributed by atoms with Crippen LogP contribution in [0.15, 0.2) is 0 Å². The van der Waals surface area contributed by atoms with Crippen molar-refractivity contribution in [3.8, 4) is 0 Å². The van der Waals surface area contributed by atoms with Crippen LogP contribution >= 0.6 is 0 Å². The lowest BCUT2D eigenvalue weighted by Gasteiger charge is -2.16. The molecule has 48 valence electrons. The van der Waals surface area contributed by atoms with Gasteiger partial charge in [0.1, 0.15) is 5.41 Å². The molecule has 0 atom stereocenters. The third kappa shape index (κ3) is 5.83. The summed E-state index contributed by atoms with van der Waals surface area (Å²) < 4.78 is 0. The van der Waals surface area contributed by atoms with Gasteiger partial charge in [-0.15, -0.1) is 0 Å². The van der Waals surface area contributed by atoms with Gasteiger partial charge in [0.25, 0.3) is 0 Å². The Bertz CT molecular complexity index is 59.3. The molecule has 0 rings (SSSR count). The van der Waals surface area contributed by atoms with Crippen molar-refractivity contribution in [1.82, 2.24) is 4.90 Å². The molecule has 0 heterocycles. The van der Waals surface area contributed by atoms with E-state index in [1.54, 1.807) is 0 Å². The molecule has 0 saturated carbocycles. The molecule has 1 heteroatoms. The van der Waals surface area contributed by atoms with Crippen molar-refractivity contribution < 1.29 is 0 Å². The zero-order chi connectivity index (χ0) is 6.78. The minimum atomic E-state index is 0.198. The Morgan fingerprint density at radius 1 is 1.38 bits per heavy atom. The molecule has 0 amide bonds. The zero-order valence-electron chi connectivity index (χ0n) is 6.36. The number of hydrogen-bond acceptors (Lipinski definition) is 1. The van der Waals surface area contributed by atoms with Crippen LogP contribution in [0.3, 0.4) is 0 Å². The van der Waals surface area contributed by atoms with Crippen molar-refractivity contribution in [3.63, 3.8) is 0 Å². The lowest BCUT2D eigenvalue weighted by atomic mass is 9.97. The van der Waals surface area contributed by atoms with Crippen LogP contribution in [0.4, 0.5) is 0 Å². The van der Waals surface area contributed by atoms with Gasteiger partial charge in [-0.25, -0.2) is 0 Å². The minimum absolute atomic E-state index is 0.198. The second kappa shape index (κ2) is 2.40. The van der Waals surface area contributed by atoms with Gasteiger partial charge in [0.15, 0.2) is 0 Å². The Morgan fingerprint density at radius 3 is 1.75 bits per heavy atom. The maximum absolute atomic E-state index is 3.97. The van der Waals surface area contributed by atoms with Crippen molar-refractivity contribution in [3.05, 3.63) is 6.92 Å². The highest BCUT2D eigenvalue weighted by molar-refractivity contribution is 4.72. The van der Waals surface area contributed by atoms with Crippen LogP contribution in [0, 0.1) is 12.3 Å². The topological polar surface area (TPSA) is 3.24 Å². The number of hydrogen-bond donors (Lipinski definition) is 0. The summed E-state index contributed by atoms with van der Waals surface area (Å²) in [6, 6.07) is 0. The zero-order valence-corrected chi connectivity index (χ0v) is 6.36. The molecule has 8 heavy (non-hydrogen) atoms. The van der Waals surface area contributed by atoms with Gasteiger partial charge >= 0.3 is 0 Å². The molecule has 0 saturated heterocycles. The molecule has 0 aromatic rings. The molecular weight excluding hydrogens is 98.1 g/mol. The fourth-order valence-electron chi connectivity index (χ4n) is 0.856. The van der Waals surface area contributed by atoms with Crippen molar-refractivity contribution in [2.45, 2.75) is 13.8 Å². The molecule has 0 aliphatic carbocycles. The van der Waals surface area contributed by atoms with Crippen LogP contribution in [0.5, 0.6) is 0 Å². The summed E-state index contributed by atoms with van der Waals surface area (Å²) in [6.07, 6.45) is 0. The molecule has 0 radical (unpaired) electrons. The highest BCUT2D eigenvalue weighted by atomic mass is 15.1. The Hall–Kier alpha value is -0.170. The highest BCUT2D eigenvalue weighted by Crippen LogP contribution is 2.11. The van der Waals surface area contributed by atoms with Crippen molar-refractivity contribution >= 4 is 0 Å². The second-order valence-electron chi connectivity index (χ2n) is 3.40. The molecule has 0 aromatic carbocycles. The van der Waals surface area contributed by atoms with Crippen molar-refractivity contribution in [2.75, 3.05) is 20.6 Å². The molecule has 0 N–H and O–H groups in total. The maximum atomic E-state index is 3.97. The Kier molecular flexibility index (Phi) is 2.35. The van der Waals surface area contributed by atoms with Crippen LogP contribution in [-0.4, -0.2) is 25.5 Å². The highest BCUT2D eigenvalue weighted by Gasteiger charge is 2.18. The lowest BCUT2D eigenvalue weighted by Crippen LogP contribution is -2.25. The van der Waals surface area contributed by atoms with Gasteiger partial charge in [-0.3, -0.25) is 0 Å². The Balaban J connectivity index is 3.39.